The zero-order valence-corrected chi connectivity index (χ0v) is 13.9. The summed E-state index contributed by atoms with van der Waals surface area (Å²) in [5.74, 6) is -0.402. The molecule has 1 aromatic rings. The Morgan fingerprint density at radius 2 is 2.14 bits per heavy atom. The molecule has 0 aliphatic heterocycles. The van der Waals surface area contributed by atoms with Crippen molar-refractivity contribution >= 4 is 21.8 Å². The molecule has 1 aromatic carbocycles. The molecular weight excluding hydrogens is 335 g/mol. The van der Waals surface area contributed by atoms with Crippen LogP contribution in [0.5, 0.6) is 0 Å². The number of hydrogen-bond acceptors (Lipinski definition) is 2. The van der Waals surface area contributed by atoms with Crippen LogP contribution in [-0.4, -0.2) is 29.9 Å². The predicted octanol–water partition coefficient (Wildman–Crippen LogP) is 3.57. The first kappa shape index (κ1) is 16.4. The quantitative estimate of drug-likeness (QED) is 0.896. The van der Waals surface area contributed by atoms with Gasteiger partial charge >= 0.3 is 0 Å². The molecule has 0 bridgehead atoms. The zero-order chi connectivity index (χ0) is 15.4. The Balaban J connectivity index is 2.27. The average Bonchev–Trinajstić information content (AvgIpc) is 2.51. The lowest BCUT2D eigenvalue weighted by Gasteiger charge is -2.39. The number of nitrogens with two attached hydrogens (primary N) is 1. The number of amides is 1. The van der Waals surface area contributed by atoms with Crippen molar-refractivity contribution in [2.75, 3.05) is 13.1 Å². The van der Waals surface area contributed by atoms with Crippen LogP contribution < -0.4 is 5.73 Å². The van der Waals surface area contributed by atoms with Gasteiger partial charge in [-0.25, -0.2) is 4.39 Å². The summed E-state index contributed by atoms with van der Waals surface area (Å²) in [7, 11) is 0. The fraction of sp³-hybridized carbons (Fsp3) is 0.562. The molecule has 1 amide bonds. The van der Waals surface area contributed by atoms with E-state index in [1.54, 1.807) is 23.1 Å². The van der Waals surface area contributed by atoms with Crippen LogP contribution in [0.1, 0.15) is 43.0 Å². The minimum Gasteiger partial charge on any atom is -0.336 e. The van der Waals surface area contributed by atoms with Gasteiger partial charge in [0, 0.05) is 12.6 Å². The zero-order valence-electron chi connectivity index (χ0n) is 12.3. The van der Waals surface area contributed by atoms with Gasteiger partial charge < -0.3 is 10.6 Å². The largest absolute Gasteiger partial charge is 0.336 e. The molecule has 116 valence electrons. The van der Waals surface area contributed by atoms with Gasteiger partial charge in [-0.05, 0) is 60.3 Å². The van der Waals surface area contributed by atoms with Crippen LogP contribution in [0, 0.1) is 11.7 Å². The standard InChI is InChI=1S/C16H22BrFN2O/c1-2-20(14-9-4-3-6-11(14)10-19)16(21)12-7-5-8-13(17)15(12)18/h5,7-8,11,14H,2-4,6,9-10,19H2,1H3. The molecule has 2 rings (SSSR count). The van der Waals surface area contributed by atoms with Gasteiger partial charge in [0.05, 0.1) is 10.0 Å². The van der Waals surface area contributed by atoms with E-state index in [4.69, 9.17) is 5.73 Å². The van der Waals surface area contributed by atoms with E-state index in [1.165, 1.54) is 0 Å². The van der Waals surface area contributed by atoms with E-state index in [-0.39, 0.29) is 17.5 Å². The number of nitrogens with zero attached hydrogens (tertiary/aromatic N) is 1. The summed E-state index contributed by atoms with van der Waals surface area (Å²) in [6, 6.07) is 4.96. The van der Waals surface area contributed by atoms with E-state index in [0.29, 0.717) is 23.5 Å². The second kappa shape index (κ2) is 7.36. The minimum atomic E-state index is -0.485. The maximum Gasteiger partial charge on any atom is 0.257 e. The molecule has 21 heavy (non-hydrogen) atoms. The second-order valence-corrected chi connectivity index (χ2v) is 6.39. The Morgan fingerprint density at radius 3 is 2.81 bits per heavy atom. The molecule has 0 heterocycles. The normalized spacial score (nSPS) is 22.1. The van der Waals surface area contributed by atoms with Gasteiger partial charge in [-0.2, -0.15) is 0 Å². The van der Waals surface area contributed by atoms with Gasteiger partial charge in [-0.3, -0.25) is 4.79 Å². The third-order valence-electron chi connectivity index (χ3n) is 4.36. The van der Waals surface area contributed by atoms with Gasteiger partial charge in [0.2, 0.25) is 0 Å². The molecule has 0 saturated heterocycles. The lowest BCUT2D eigenvalue weighted by molar-refractivity contribution is 0.0555. The Kier molecular flexibility index (Phi) is 5.76. The van der Waals surface area contributed by atoms with Gasteiger partial charge in [0.25, 0.3) is 5.91 Å². The first-order chi connectivity index (χ1) is 10.1. The molecule has 1 aliphatic carbocycles. The number of hydrogen-bond donors (Lipinski definition) is 1. The lowest BCUT2D eigenvalue weighted by Crippen LogP contribution is -2.48. The number of carbonyl (C=O) groups excluding carboxylic acids is 1. The van der Waals surface area contributed by atoms with Crippen molar-refractivity contribution < 1.29 is 9.18 Å². The molecule has 3 nitrogen and oxygen atoms in total. The van der Waals surface area contributed by atoms with Crippen molar-refractivity contribution in [2.45, 2.75) is 38.6 Å². The molecule has 2 N–H and O–H groups in total. The molecule has 2 unspecified atom stereocenters. The monoisotopic (exact) mass is 356 g/mol. The lowest BCUT2D eigenvalue weighted by atomic mass is 9.83. The molecule has 5 heteroatoms. The second-order valence-electron chi connectivity index (χ2n) is 5.54. The Morgan fingerprint density at radius 1 is 1.43 bits per heavy atom. The van der Waals surface area contributed by atoms with Crippen molar-refractivity contribution in [2.24, 2.45) is 11.7 Å². The van der Waals surface area contributed by atoms with Crippen molar-refractivity contribution in [3.05, 3.63) is 34.1 Å². The molecule has 0 spiro atoms. The molecule has 1 saturated carbocycles. The Hall–Kier alpha value is -0.940. The van der Waals surface area contributed by atoms with E-state index in [0.717, 1.165) is 25.7 Å². The Bertz CT molecular complexity index is 509. The third kappa shape index (κ3) is 3.46. The summed E-state index contributed by atoms with van der Waals surface area (Å²) in [5.41, 5.74) is 5.99. The highest BCUT2D eigenvalue weighted by atomic mass is 79.9. The maximum atomic E-state index is 14.2. The fourth-order valence-electron chi connectivity index (χ4n) is 3.23. The summed E-state index contributed by atoms with van der Waals surface area (Å²) in [6.07, 6.45) is 4.27. The smallest absolute Gasteiger partial charge is 0.257 e. The fourth-order valence-corrected chi connectivity index (χ4v) is 3.59. The average molecular weight is 357 g/mol. The van der Waals surface area contributed by atoms with E-state index < -0.39 is 5.82 Å². The van der Waals surface area contributed by atoms with E-state index in [9.17, 15) is 9.18 Å². The number of benzene rings is 1. The van der Waals surface area contributed by atoms with Crippen LogP contribution in [0.25, 0.3) is 0 Å². The summed E-state index contributed by atoms with van der Waals surface area (Å²) in [6.45, 7) is 3.09. The predicted molar refractivity (Wildman–Crippen MR) is 85.6 cm³/mol. The van der Waals surface area contributed by atoms with Crippen LogP contribution in [0.2, 0.25) is 0 Å². The summed E-state index contributed by atoms with van der Waals surface area (Å²) >= 11 is 3.14. The SMILES string of the molecule is CCN(C(=O)c1cccc(Br)c1F)C1CCCCC1CN. The molecule has 2 atom stereocenters. The highest BCUT2D eigenvalue weighted by molar-refractivity contribution is 9.10. The number of rotatable bonds is 4. The maximum absolute atomic E-state index is 14.2. The van der Waals surface area contributed by atoms with Crippen molar-refractivity contribution in [1.82, 2.24) is 4.90 Å². The summed E-state index contributed by atoms with van der Waals surface area (Å²) in [5, 5.41) is 0. The van der Waals surface area contributed by atoms with Crippen LogP contribution in [0.4, 0.5) is 4.39 Å². The van der Waals surface area contributed by atoms with Crippen LogP contribution >= 0.6 is 15.9 Å². The highest BCUT2D eigenvalue weighted by Crippen LogP contribution is 2.29. The van der Waals surface area contributed by atoms with Crippen LogP contribution in [0.3, 0.4) is 0 Å². The first-order valence-electron chi connectivity index (χ1n) is 7.55. The van der Waals surface area contributed by atoms with Crippen molar-refractivity contribution in [3.8, 4) is 0 Å². The van der Waals surface area contributed by atoms with Gasteiger partial charge in [-0.15, -0.1) is 0 Å². The van der Waals surface area contributed by atoms with Gasteiger partial charge in [-0.1, -0.05) is 18.9 Å². The summed E-state index contributed by atoms with van der Waals surface area (Å²) in [4.78, 5) is 14.5. The third-order valence-corrected chi connectivity index (χ3v) is 4.97. The first-order valence-corrected chi connectivity index (χ1v) is 8.34. The molecule has 1 aliphatic rings. The Labute approximate surface area is 133 Å². The summed E-state index contributed by atoms with van der Waals surface area (Å²) < 4.78 is 14.5. The van der Waals surface area contributed by atoms with E-state index in [2.05, 4.69) is 15.9 Å². The van der Waals surface area contributed by atoms with Crippen LogP contribution in [-0.2, 0) is 0 Å². The number of carbonyl (C=O) groups is 1. The van der Waals surface area contributed by atoms with Crippen molar-refractivity contribution in [3.63, 3.8) is 0 Å². The highest BCUT2D eigenvalue weighted by Gasteiger charge is 2.32. The van der Waals surface area contributed by atoms with E-state index >= 15 is 0 Å². The molecule has 1 fully saturated rings. The topological polar surface area (TPSA) is 46.3 Å². The minimum absolute atomic E-state index is 0.125. The number of halogens is 2. The molecule has 0 radical (unpaired) electrons. The van der Waals surface area contributed by atoms with Crippen LogP contribution in [0.15, 0.2) is 22.7 Å². The molecule has 0 aromatic heterocycles. The van der Waals surface area contributed by atoms with Crippen molar-refractivity contribution in [1.29, 1.82) is 0 Å². The van der Waals surface area contributed by atoms with Gasteiger partial charge in [0.15, 0.2) is 0 Å². The van der Waals surface area contributed by atoms with E-state index in [1.807, 2.05) is 6.92 Å². The molecular formula is C16H22BrFN2O. The van der Waals surface area contributed by atoms with Gasteiger partial charge in [0.1, 0.15) is 5.82 Å².